The highest BCUT2D eigenvalue weighted by atomic mass is 16.5. The first kappa shape index (κ1) is 21.5. The molecule has 0 bridgehead atoms. The number of hydrogen-bond acceptors (Lipinski definition) is 5. The fourth-order valence-electron chi connectivity index (χ4n) is 3.84. The number of rotatable bonds is 12. The number of aliphatic hydroxyl groups is 1. The van der Waals surface area contributed by atoms with Gasteiger partial charge >= 0.3 is 0 Å². The number of phenols is 1. The highest BCUT2D eigenvalue weighted by molar-refractivity contribution is 6.04. The molecule has 1 unspecified atom stereocenters. The summed E-state index contributed by atoms with van der Waals surface area (Å²) in [5.41, 5.74) is 0.892. The molecule has 0 aromatic heterocycles. The van der Waals surface area contributed by atoms with Gasteiger partial charge in [0.25, 0.3) is 0 Å². The SMILES string of the molecule is CC1(CCCCCCCCCCCCO)C/C(=N/O)c2cc(O)ccc2O1. The van der Waals surface area contributed by atoms with E-state index >= 15 is 0 Å². The summed E-state index contributed by atoms with van der Waals surface area (Å²) < 4.78 is 6.18. The van der Waals surface area contributed by atoms with Crippen molar-refractivity contribution in [1.29, 1.82) is 0 Å². The second-order valence-electron chi connectivity index (χ2n) is 7.97. The summed E-state index contributed by atoms with van der Waals surface area (Å²) in [4.78, 5) is 0. The number of benzene rings is 1. The highest BCUT2D eigenvalue weighted by Gasteiger charge is 2.35. The largest absolute Gasteiger partial charge is 0.508 e. The van der Waals surface area contributed by atoms with Gasteiger partial charge in [0.05, 0.1) is 5.71 Å². The zero-order chi connectivity index (χ0) is 19.5. The Hall–Kier alpha value is -1.75. The fraction of sp³-hybridized carbons (Fsp3) is 0.682. The molecule has 5 nitrogen and oxygen atoms in total. The molecular formula is C22H35NO4. The average molecular weight is 378 g/mol. The lowest BCUT2D eigenvalue weighted by atomic mass is 9.86. The van der Waals surface area contributed by atoms with E-state index in [1.165, 1.54) is 44.9 Å². The molecule has 1 aliphatic heterocycles. The van der Waals surface area contributed by atoms with Crippen LogP contribution >= 0.6 is 0 Å². The molecule has 1 atom stereocenters. The Morgan fingerprint density at radius 2 is 1.56 bits per heavy atom. The minimum Gasteiger partial charge on any atom is -0.508 e. The van der Waals surface area contributed by atoms with E-state index < -0.39 is 0 Å². The molecule has 2 rings (SSSR count). The van der Waals surface area contributed by atoms with Gasteiger partial charge in [0.1, 0.15) is 17.1 Å². The molecule has 1 aliphatic rings. The van der Waals surface area contributed by atoms with Crippen molar-refractivity contribution in [3.05, 3.63) is 23.8 Å². The van der Waals surface area contributed by atoms with Crippen molar-refractivity contribution in [2.45, 2.75) is 89.6 Å². The van der Waals surface area contributed by atoms with Crippen molar-refractivity contribution in [2.24, 2.45) is 5.16 Å². The van der Waals surface area contributed by atoms with E-state index in [2.05, 4.69) is 12.1 Å². The molecule has 1 aromatic carbocycles. The van der Waals surface area contributed by atoms with Crippen molar-refractivity contribution >= 4 is 5.71 Å². The standard InChI is InChI=1S/C22H35NO4/c1-22(14-10-8-6-4-2-3-5-7-9-11-15-24)17-20(23-26)19-16-18(25)12-13-21(19)27-22/h12-13,16,24-26H,2-11,14-15,17H2,1H3/b23-20-. The number of unbranched alkanes of at least 4 members (excludes halogenated alkanes) is 9. The van der Waals surface area contributed by atoms with Crippen molar-refractivity contribution in [1.82, 2.24) is 0 Å². The normalized spacial score (nSPS) is 20.4. The van der Waals surface area contributed by atoms with E-state index in [0.29, 0.717) is 30.1 Å². The summed E-state index contributed by atoms with van der Waals surface area (Å²) in [7, 11) is 0. The van der Waals surface area contributed by atoms with Gasteiger partial charge in [-0.1, -0.05) is 56.5 Å². The molecule has 5 heteroatoms. The average Bonchev–Trinajstić information content (AvgIpc) is 2.66. The first-order valence-electron chi connectivity index (χ1n) is 10.4. The Labute approximate surface area is 163 Å². The monoisotopic (exact) mass is 377 g/mol. The quantitative estimate of drug-likeness (QED) is 0.259. The molecule has 0 saturated heterocycles. The zero-order valence-corrected chi connectivity index (χ0v) is 16.6. The third-order valence-corrected chi connectivity index (χ3v) is 5.41. The van der Waals surface area contributed by atoms with E-state index in [4.69, 9.17) is 9.84 Å². The second-order valence-corrected chi connectivity index (χ2v) is 7.97. The van der Waals surface area contributed by atoms with Crippen molar-refractivity contribution in [2.75, 3.05) is 6.61 Å². The number of phenolic OH excluding ortho intramolecular Hbond substituents is 1. The summed E-state index contributed by atoms with van der Waals surface area (Å²) in [5.74, 6) is 0.825. The Morgan fingerprint density at radius 3 is 2.15 bits per heavy atom. The molecule has 0 saturated carbocycles. The van der Waals surface area contributed by atoms with E-state index in [9.17, 15) is 10.3 Å². The van der Waals surface area contributed by atoms with Gasteiger partial charge in [-0.05, 0) is 44.4 Å². The summed E-state index contributed by atoms with van der Waals surface area (Å²) in [6.07, 6.45) is 13.5. The lowest BCUT2D eigenvalue weighted by Crippen LogP contribution is -2.39. The second kappa shape index (κ2) is 11.2. The summed E-state index contributed by atoms with van der Waals surface area (Å²) >= 11 is 0. The molecule has 152 valence electrons. The maximum atomic E-state index is 9.65. The lowest BCUT2D eigenvalue weighted by Gasteiger charge is -2.36. The fourth-order valence-corrected chi connectivity index (χ4v) is 3.84. The van der Waals surface area contributed by atoms with Crippen molar-refractivity contribution in [3.63, 3.8) is 0 Å². The third kappa shape index (κ3) is 7.06. The number of nitrogens with zero attached hydrogens (tertiary/aromatic N) is 1. The number of oxime groups is 1. The summed E-state index contributed by atoms with van der Waals surface area (Å²) in [5, 5.41) is 31.2. The molecule has 0 amide bonds. The van der Waals surface area contributed by atoms with E-state index in [1.807, 2.05) is 0 Å². The molecule has 0 aliphatic carbocycles. The van der Waals surface area contributed by atoms with Crippen LogP contribution in [0, 0.1) is 0 Å². The van der Waals surface area contributed by atoms with Crippen LogP contribution in [0.2, 0.25) is 0 Å². The van der Waals surface area contributed by atoms with Crippen LogP contribution in [0.3, 0.4) is 0 Å². The Kier molecular flexibility index (Phi) is 8.92. The van der Waals surface area contributed by atoms with Crippen LogP contribution in [0.5, 0.6) is 11.5 Å². The van der Waals surface area contributed by atoms with Crippen LogP contribution in [0.25, 0.3) is 0 Å². The molecule has 3 N–H and O–H groups in total. The van der Waals surface area contributed by atoms with Crippen LogP contribution in [0.15, 0.2) is 23.4 Å². The minimum absolute atomic E-state index is 0.149. The molecule has 0 spiro atoms. The zero-order valence-electron chi connectivity index (χ0n) is 16.6. The van der Waals surface area contributed by atoms with Crippen LogP contribution in [-0.4, -0.2) is 33.3 Å². The number of aliphatic hydroxyl groups excluding tert-OH is 1. The topological polar surface area (TPSA) is 82.3 Å². The molecule has 0 fully saturated rings. The van der Waals surface area contributed by atoms with Gasteiger partial charge in [-0.3, -0.25) is 0 Å². The first-order valence-corrected chi connectivity index (χ1v) is 10.4. The van der Waals surface area contributed by atoms with Gasteiger partial charge in [-0.25, -0.2) is 0 Å². The van der Waals surface area contributed by atoms with Gasteiger partial charge in [0.2, 0.25) is 0 Å². The highest BCUT2D eigenvalue weighted by Crippen LogP contribution is 2.38. The maximum absolute atomic E-state index is 9.65. The molecular weight excluding hydrogens is 342 g/mol. The van der Waals surface area contributed by atoms with Crippen LogP contribution < -0.4 is 4.74 Å². The van der Waals surface area contributed by atoms with Crippen LogP contribution in [-0.2, 0) is 0 Å². The molecule has 27 heavy (non-hydrogen) atoms. The Morgan fingerprint density at radius 1 is 0.963 bits per heavy atom. The summed E-state index contributed by atoms with van der Waals surface area (Å²) in [6.45, 7) is 2.39. The molecule has 1 heterocycles. The number of fused-ring (bicyclic) bond motifs is 1. The number of hydrogen-bond donors (Lipinski definition) is 3. The van der Waals surface area contributed by atoms with Crippen molar-refractivity contribution in [3.8, 4) is 11.5 Å². The van der Waals surface area contributed by atoms with Gasteiger partial charge in [0.15, 0.2) is 0 Å². The van der Waals surface area contributed by atoms with E-state index in [0.717, 1.165) is 25.7 Å². The predicted molar refractivity (Wildman–Crippen MR) is 108 cm³/mol. The minimum atomic E-state index is -0.363. The molecule has 1 aromatic rings. The summed E-state index contributed by atoms with van der Waals surface area (Å²) in [6, 6.07) is 4.94. The van der Waals surface area contributed by atoms with Gasteiger partial charge in [-0.2, -0.15) is 0 Å². The Balaban J connectivity index is 1.65. The number of aromatic hydroxyl groups is 1. The van der Waals surface area contributed by atoms with Crippen LogP contribution in [0.4, 0.5) is 0 Å². The smallest absolute Gasteiger partial charge is 0.129 e. The van der Waals surface area contributed by atoms with Gasteiger partial charge in [-0.15, -0.1) is 0 Å². The van der Waals surface area contributed by atoms with E-state index in [1.54, 1.807) is 18.2 Å². The maximum Gasteiger partial charge on any atom is 0.129 e. The van der Waals surface area contributed by atoms with Crippen LogP contribution in [0.1, 0.15) is 89.5 Å². The van der Waals surface area contributed by atoms with E-state index in [-0.39, 0.29) is 11.4 Å². The Bertz CT molecular complexity index is 602. The number of ether oxygens (including phenoxy) is 1. The third-order valence-electron chi connectivity index (χ3n) is 5.41. The van der Waals surface area contributed by atoms with Gasteiger partial charge < -0.3 is 20.2 Å². The predicted octanol–water partition coefficient (Wildman–Crippen LogP) is 5.40. The molecule has 0 radical (unpaired) electrons. The lowest BCUT2D eigenvalue weighted by molar-refractivity contribution is 0.0764. The van der Waals surface area contributed by atoms with Gasteiger partial charge in [0, 0.05) is 18.6 Å². The van der Waals surface area contributed by atoms with Crippen molar-refractivity contribution < 1.29 is 20.2 Å². The first-order chi connectivity index (χ1) is 13.1.